The lowest BCUT2D eigenvalue weighted by Crippen LogP contribution is -2.39. The van der Waals surface area contributed by atoms with Crippen LogP contribution in [0.4, 0.5) is 0 Å². The Morgan fingerprint density at radius 3 is 2.81 bits per heavy atom. The molecule has 7 heteroatoms. The van der Waals surface area contributed by atoms with Crippen LogP contribution in [0.25, 0.3) is 0 Å². The van der Waals surface area contributed by atoms with Crippen LogP contribution in [-0.4, -0.2) is 76.9 Å². The van der Waals surface area contributed by atoms with Crippen molar-refractivity contribution < 1.29 is 9.47 Å². The summed E-state index contributed by atoms with van der Waals surface area (Å²) >= 11 is 0. The summed E-state index contributed by atoms with van der Waals surface area (Å²) in [7, 11) is 7.70. The number of guanidine groups is 1. The Balaban J connectivity index is 0.00000338. The largest absolute Gasteiger partial charge is 0.492 e. The second-order valence-electron chi connectivity index (χ2n) is 6.72. The molecule has 6 nitrogen and oxygen atoms in total. The molecule has 1 aliphatic heterocycles. The smallest absolute Gasteiger partial charge is 0.193 e. The number of nitrogens with zero attached hydrogens (tertiary/aromatic N) is 3. The van der Waals surface area contributed by atoms with E-state index in [1.807, 2.05) is 39.3 Å². The van der Waals surface area contributed by atoms with Crippen LogP contribution in [0.1, 0.15) is 12.0 Å². The third-order valence-electron chi connectivity index (χ3n) is 4.41. The second kappa shape index (κ2) is 12.3. The summed E-state index contributed by atoms with van der Waals surface area (Å²) in [6, 6.07) is 8.19. The standard InChI is InChI=1S/C19H32N4O2.HI/c1-20-19(23-10-9-16(14-23)15-24-4)21-13-17-7-5-6-8-18(17)25-12-11-22(2)3;/h5-8,16H,9-15H2,1-4H3,(H,20,21);1H. The van der Waals surface area contributed by atoms with Gasteiger partial charge in [-0.15, -0.1) is 24.0 Å². The summed E-state index contributed by atoms with van der Waals surface area (Å²) in [4.78, 5) is 8.86. The number of rotatable bonds is 8. The summed E-state index contributed by atoms with van der Waals surface area (Å²) in [6.45, 7) is 5.12. The van der Waals surface area contributed by atoms with Crippen molar-refractivity contribution in [2.75, 3.05) is 61.1 Å². The number of halogens is 1. The van der Waals surface area contributed by atoms with E-state index in [1.54, 1.807) is 7.11 Å². The number of likely N-dealkylation sites (tertiary alicyclic amines) is 1. The zero-order valence-electron chi connectivity index (χ0n) is 16.4. The highest BCUT2D eigenvalue weighted by atomic mass is 127. The molecular weight excluding hydrogens is 443 g/mol. The Morgan fingerprint density at radius 2 is 2.12 bits per heavy atom. The van der Waals surface area contributed by atoms with Crippen LogP contribution in [0.3, 0.4) is 0 Å². The maximum atomic E-state index is 5.94. The van der Waals surface area contributed by atoms with E-state index in [2.05, 4.69) is 26.2 Å². The van der Waals surface area contributed by atoms with E-state index in [1.165, 1.54) is 0 Å². The van der Waals surface area contributed by atoms with Crippen molar-refractivity contribution in [3.05, 3.63) is 29.8 Å². The number of ether oxygens (including phenoxy) is 2. The van der Waals surface area contributed by atoms with Crippen molar-refractivity contribution in [2.24, 2.45) is 10.9 Å². The lowest BCUT2D eigenvalue weighted by Gasteiger charge is -2.22. The van der Waals surface area contributed by atoms with Gasteiger partial charge in [0.1, 0.15) is 12.4 Å². The Labute approximate surface area is 175 Å². The van der Waals surface area contributed by atoms with Gasteiger partial charge < -0.3 is 24.6 Å². The van der Waals surface area contributed by atoms with E-state index < -0.39 is 0 Å². The molecule has 1 aromatic rings. The maximum absolute atomic E-state index is 5.94. The zero-order chi connectivity index (χ0) is 18.1. The molecule has 1 N–H and O–H groups in total. The predicted octanol–water partition coefficient (Wildman–Crippen LogP) is 2.29. The first-order valence-electron chi connectivity index (χ1n) is 8.94. The van der Waals surface area contributed by atoms with Crippen LogP contribution in [0.15, 0.2) is 29.3 Å². The molecule has 0 aliphatic carbocycles. The molecule has 2 rings (SSSR count). The van der Waals surface area contributed by atoms with Crippen molar-refractivity contribution in [2.45, 2.75) is 13.0 Å². The maximum Gasteiger partial charge on any atom is 0.193 e. The van der Waals surface area contributed by atoms with Gasteiger partial charge >= 0.3 is 0 Å². The number of nitrogens with one attached hydrogen (secondary N) is 1. The average Bonchev–Trinajstić information content (AvgIpc) is 3.05. The Kier molecular flexibility index (Phi) is 10.9. The molecular formula is C19H33IN4O2. The van der Waals surface area contributed by atoms with E-state index in [-0.39, 0.29) is 24.0 Å². The summed E-state index contributed by atoms with van der Waals surface area (Å²) in [5, 5.41) is 3.47. The van der Waals surface area contributed by atoms with E-state index >= 15 is 0 Å². The molecule has 148 valence electrons. The van der Waals surface area contributed by atoms with Gasteiger partial charge in [-0.3, -0.25) is 4.99 Å². The Morgan fingerprint density at radius 1 is 1.35 bits per heavy atom. The molecule has 0 bridgehead atoms. The van der Waals surface area contributed by atoms with Crippen molar-refractivity contribution >= 4 is 29.9 Å². The first-order chi connectivity index (χ1) is 12.1. The SMILES string of the molecule is CN=C(NCc1ccccc1OCCN(C)C)N1CCC(COC)C1.I. The Bertz CT molecular complexity index is 554. The van der Waals surface area contributed by atoms with Crippen LogP contribution < -0.4 is 10.1 Å². The quantitative estimate of drug-likeness (QED) is 0.355. The van der Waals surface area contributed by atoms with E-state index in [9.17, 15) is 0 Å². The molecule has 1 saturated heterocycles. The third kappa shape index (κ3) is 7.28. The number of hydrogen-bond acceptors (Lipinski definition) is 4. The first-order valence-corrected chi connectivity index (χ1v) is 8.94. The van der Waals surface area contributed by atoms with Crippen molar-refractivity contribution in [3.63, 3.8) is 0 Å². The Hall–Kier alpha value is -1.06. The molecule has 1 unspecified atom stereocenters. The molecule has 0 amide bonds. The van der Waals surface area contributed by atoms with Crippen molar-refractivity contribution in [1.29, 1.82) is 0 Å². The molecule has 0 spiro atoms. The average molecular weight is 476 g/mol. The molecule has 1 aliphatic rings. The van der Waals surface area contributed by atoms with E-state index in [4.69, 9.17) is 9.47 Å². The van der Waals surface area contributed by atoms with Crippen molar-refractivity contribution in [1.82, 2.24) is 15.1 Å². The van der Waals surface area contributed by atoms with Gasteiger partial charge in [-0.25, -0.2) is 0 Å². The van der Waals surface area contributed by atoms with Gasteiger partial charge in [0.15, 0.2) is 5.96 Å². The van der Waals surface area contributed by atoms with E-state index in [0.717, 1.165) is 49.9 Å². The summed E-state index contributed by atoms with van der Waals surface area (Å²) < 4.78 is 11.2. The number of hydrogen-bond donors (Lipinski definition) is 1. The predicted molar refractivity (Wildman–Crippen MR) is 118 cm³/mol. The van der Waals surface area contributed by atoms with Crippen LogP contribution in [0.2, 0.25) is 0 Å². The minimum atomic E-state index is 0. The fourth-order valence-corrected chi connectivity index (χ4v) is 3.03. The molecule has 1 atom stereocenters. The fourth-order valence-electron chi connectivity index (χ4n) is 3.03. The number of aliphatic imine (C=N–C) groups is 1. The first kappa shape index (κ1) is 23.0. The monoisotopic (exact) mass is 476 g/mol. The molecule has 0 radical (unpaired) electrons. The molecule has 0 saturated carbocycles. The number of methoxy groups -OCH3 is 1. The topological polar surface area (TPSA) is 49.3 Å². The van der Waals surface area contributed by atoms with Gasteiger partial charge in [-0.05, 0) is 26.6 Å². The minimum Gasteiger partial charge on any atom is -0.492 e. The number of benzene rings is 1. The lowest BCUT2D eigenvalue weighted by molar-refractivity contribution is 0.157. The van der Waals surface area contributed by atoms with Gasteiger partial charge in [0, 0.05) is 51.8 Å². The highest BCUT2D eigenvalue weighted by molar-refractivity contribution is 14.0. The summed E-state index contributed by atoms with van der Waals surface area (Å²) in [6.07, 6.45) is 1.15. The minimum absolute atomic E-state index is 0. The van der Waals surface area contributed by atoms with Gasteiger partial charge in [0.2, 0.25) is 0 Å². The van der Waals surface area contributed by atoms with Crippen LogP contribution in [-0.2, 0) is 11.3 Å². The molecule has 1 fully saturated rings. The van der Waals surface area contributed by atoms with Gasteiger partial charge in [-0.2, -0.15) is 0 Å². The van der Waals surface area contributed by atoms with E-state index in [0.29, 0.717) is 19.1 Å². The van der Waals surface area contributed by atoms with Crippen LogP contribution >= 0.6 is 24.0 Å². The zero-order valence-corrected chi connectivity index (χ0v) is 18.7. The van der Waals surface area contributed by atoms with Crippen LogP contribution in [0, 0.1) is 5.92 Å². The molecule has 1 heterocycles. The molecule has 0 aromatic heterocycles. The van der Waals surface area contributed by atoms with Gasteiger partial charge in [-0.1, -0.05) is 18.2 Å². The molecule has 26 heavy (non-hydrogen) atoms. The fraction of sp³-hybridized carbons (Fsp3) is 0.632. The highest BCUT2D eigenvalue weighted by Gasteiger charge is 2.24. The molecule has 1 aromatic carbocycles. The van der Waals surface area contributed by atoms with Gasteiger partial charge in [0.25, 0.3) is 0 Å². The highest BCUT2D eigenvalue weighted by Crippen LogP contribution is 2.19. The second-order valence-corrected chi connectivity index (χ2v) is 6.72. The third-order valence-corrected chi connectivity index (χ3v) is 4.41. The van der Waals surface area contributed by atoms with Gasteiger partial charge in [0.05, 0.1) is 6.61 Å². The normalized spacial score (nSPS) is 17.3. The lowest BCUT2D eigenvalue weighted by atomic mass is 10.1. The number of likely N-dealkylation sites (N-methyl/N-ethyl adjacent to an activating group) is 1. The number of para-hydroxylation sites is 1. The summed E-state index contributed by atoms with van der Waals surface area (Å²) in [5.41, 5.74) is 1.15. The van der Waals surface area contributed by atoms with Crippen LogP contribution in [0.5, 0.6) is 5.75 Å². The summed E-state index contributed by atoms with van der Waals surface area (Å²) in [5.74, 6) is 2.47. The van der Waals surface area contributed by atoms with Crippen molar-refractivity contribution in [3.8, 4) is 5.75 Å².